The van der Waals surface area contributed by atoms with E-state index in [4.69, 9.17) is 11.6 Å². The van der Waals surface area contributed by atoms with Gasteiger partial charge < -0.3 is 0 Å². The third-order valence-electron chi connectivity index (χ3n) is 3.09. The van der Waals surface area contributed by atoms with Crippen LogP contribution >= 0.6 is 11.6 Å². The standard InChI is InChI=1S/C15H12ClF3/c1-10(13-7-2-3-8-14(13)16)11-5-4-6-12(9-11)15(17,18)19/h2-10H,1H3/t10-/m0/s1. The maximum atomic E-state index is 12.7. The van der Waals surface area contributed by atoms with Crippen molar-refractivity contribution in [3.63, 3.8) is 0 Å². The van der Waals surface area contributed by atoms with Crippen LogP contribution in [0.1, 0.15) is 29.5 Å². The Morgan fingerprint density at radius 1 is 1.00 bits per heavy atom. The fraction of sp³-hybridized carbons (Fsp3) is 0.200. The lowest BCUT2D eigenvalue weighted by Gasteiger charge is -2.16. The summed E-state index contributed by atoms with van der Waals surface area (Å²) in [5.41, 5.74) is 0.787. The topological polar surface area (TPSA) is 0 Å². The Morgan fingerprint density at radius 2 is 1.68 bits per heavy atom. The number of benzene rings is 2. The average molecular weight is 285 g/mol. The minimum atomic E-state index is -4.32. The van der Waals surface area contributed by atoms with Crippen molar-refractivity contribution in [2.45, 2.75) is 19.0 Å². The van der Waals surface area contributed by atoms with Gasteiger partial charge in [-0.2, -0.15) is 13.2 Å². The highest BCUT2D eigenvalue weighted by atomic mass is 35.5. The first-order chi connectivity index (χ1) is 8.89. The van der Waals surface area contributed by atoms with Crippen LogP contribution in [0, 0.1) is 0 Å². The highest BCUT2D eigenvalue weighted by Crippen LogP contribution is 2.34. The molecule has 4 heteroatoms. The molecular weight excluding hydrogens is 273 g/mol. The van der Waals surface area contributed by atoms with Gasteiger partial charge in [0, 0.05) is 10.9 Å². The number of hydrogen-bond acceptors (Lipinski definition) is 0. The van der Waals surface area contributed by atoms with Crippen molar-refractivity contribution < 1.29 is 13.2 Å². The average Bonchev–Trinajstić information content (AvgIpc) is 2.38. The molecule has 1 atom stereocenters. The van der Waals surface area contributed by atoms with Gasteiger partial charge in [0.15, 0.2) is 0 Å². The molecule has 0 saturated heterocycles. The minimum absolute atomic E-state index is 0.184. The van der Waals surface area contributed by atoms with Gasteiger partial charge in [-0.1, -0.05) is 54.9 Å². The van der Waals surface area contributed by atoms with Crippen LogP contribution in [0.4, 0.5) is 13.2 Å². The Bertz CT molecular complexity index is 576. The summed E-state index contributed by atoms with van der Waals surface area (Å²) in [5.74, 6) is -0.184. The van der Waals surface area contributed by atoms with Crippen molar-refractivity contribution in [2.75, 3.05) is 0 Å². The van der Waals surface area contributed by atoms with Gasteiger partial charge in [-0.25, -0.2) is 0 Å². The molecule has 19 heavy (non-hydrogen) atoms. The normalized spacial score (nSPS) is 13.3. The van der Waals surface area contributed by atoms with Gasteiger partial charge in [0.05, 0.1) is 5.56 Å². The Labute approximate surface area is 114 Å². The first-order valence-corrected chi connectivity index (χ1v) is 6.19. The van der Waals surface area contributed by atoms with Crippen molar-refractivity contribution >= 4 is 11.6 Å². The zero-order chi connectivity index (χ0) is 14.0. The van der Waals surface area contributed by atoms with Crippen LogP contribution in [0.25, 0.3) is 0 Å². The molecule has 0 aliphatic heterocycles. The van der Waals surface area contributed by atoms with E-state index >= 15 is 0 Å². The van der Waals surface area contributed by atoms with Crippen LogP contribution in [-0.4, -0.2) is 0 Å². The van der Waals surface area contributed by atoms with E-state index < -0.39 is 11.7 Å². The van der Waals surface area contributed by atoms with E-state index in [-0.39, 0.29) is 5.92 Å². The molecule has 0 bridgehead atoms. The number of halogens is 4. The van der Waals surface area contributed by atoms with E-state index in [2.05, 4.69) is 0 Å². The van der Waals surface area contributed by atoms with E-state index in [1.165, 1.54) is 12.1 Å². The van der Waals surface area contributed by atoms with E-state index in [1.54, 1.807) is 18.2 Å². The predicted molar refractivity (Wildman–Crippen MR) is 70.4 cm³/mol. The molecule has 0 nitrogen and oxygen atoms in total. The van der Waals surface area contributed by atoms with E-state index in [1.807, 2.05) is 19.1 Å². The molecule has 2 aromatic carbocycles. The predicted octanol–water partition coefficient (Wildman–Crippen LogP) is 5.51. The largest absolute Gasteiger partial charge is 0.416 e. The SMILES string of the molecule is C[C@@H](c1cccc(C(F)(F)F)c1)c1ccccc1Cl. The van der Waals surface area contributed by atoms with Crippen molar-refractivity contribution in [1.29, 1.82) is 0 Å². The summed E-state index contributed by atoms with van der Waals surface area (Å²) >= 11 is 6.08. The van der Waals surface area contributed by atoms with Crippen LogP contribution in [0.5, 0.6) is 0 Å². The molecule has 0 aromatic heterocycles. The van der Waals surface area contributed by atoms with Gasteiger partial charge in [-0.15, -0.1) is 0 Å². The summed E-state index contributed by atoms with van der Waals surface area (Å²) in [4.78, 5) is 0. The highest BCUT2D eigenvalue weighted by molar-refractivity contribution is 6.31. The molecule has 2 aromatic rings. The molecule has 0 heterocycles. The molecule has 0 aliphatic carbocycles. The quantitative estimate of drug-likeness (QED) is 0.682. The fourth-order valence-corrected chi connectivity index (χ4v) is 2.29. The van der Waals surface area contributed by atoms with Gasteiger partial charge in [0.1, 0.15) is 0 Å². The molecule has 0 unspecified atom stereocenters. The van der Waals surface area contributed by atoms with Crippen LogP contribution in [0.3, 0.4) is 0 Å². The number of alkyl halides is 3. The monoisotopic (exact) mass is 284 g/mol. The highest BCUT2D eigenvalue weighted by Gasteiger charge is 2.30. The first-order valence-electron chi connectivity index (χ1n) is 5.81. The Balaban J connectivity index is 2.40. The molecular formula is C15H12ClF3. The zero-order valence-electron chi connectivity index (χ0n) is 10.2. The third kappa shape index (κ3) is 3.10. The summed E-state index contributed by atoms with van der Waals surface area (Å²) in [5, 5.41) is 0.562. The Morgan fingerprint density at radius 3 is 2.32 bits per heavy atom. The molecule has 0 spiro atoms. The van der Waals surface area contributed by atoms with Crippen molar-refractivity contribution in [3.05, 3.63) is 70.2 Å². The lowest BCUT2D eigenvalue weighted by atomic mass is 9.92. The fourth-order valence-electron chi connectivity index (χ4n) is 1.99. The maximum Gasteiger partial charge on any atom is 0.416 e. The lowest BCUT2D eigenvalue weighted by Crippen LogP contribution is -2.06. The molecule has 2 rings (SSSR count). The first kappa shape index (κ1) is 13.9. The van der Waals surface area contributed by atoms with E-state index in [9.17, 15) is 13.2 Å². The van der Waals surface area contributed by atoms with Crippen molar-refractivity contribution in [1.82, 2.24) is 0 Å². The van der Waals surface area contributed by atoms with Crippen LogP contribution in [0.2, 0.25) is 5.02 Å². The Hall–Kier alpha value is -1.48. The van der Waals surface area contributed by atoms with Crippen molar-refractivity contribution in [3.8, 4) is 0 Å². The molecule has 0 aliphatic rings. The number of rotatable bonds is 2. The summed E-state index contributed by atoms with van der Waals surface area (Å²) < 4.78 is 38.1. The van der Waals surface area contributed by atoms with Gasteiger partial charge in [0.2, 0.25) is 0 Å². The number of hydrogen-bond donors (Lipinski definition) is 0. The molecule has 0 radical (unpaired) electrons. The molecule has 0 N–H and O–H groups in total. The summed E-state index contributed by atoms with van der Waals surface area (Å²) in [6.07, 6.45) is -4.32. The van der Waals surface area contributed by atoms with E-state index in [0.29, 0.717) is 10.6 Å². The van der Waals surface area contributed by atoms with Crippen LogP contribution in [0.15, 0.2) is 48.5 Å². The Kier molecular flexibility index (Phi) is 3.85. The second-order valence-corrected chi connectivity index (χ2v) is 4.77. The van der Waals surface area contributed by atoms with Gasteiger partial charge >= 0.3 is 6.18 Å². The van der Waals surface area contributed by atoms with Crippen LogP contribution in [-0.2, 0) is 6.18 Å². The third-order valence-corrected chi connectivity index (χ3v) is 3.43. The second-order valence-electron chi connectivity index (χ2n) is 4.37. The maximum absolute atomic E-state index is 12.7. The van der Waals surface area contributed by atoms with Crippen molar-refractivity contribution in [2.24, 2.45) is 0 Å². The smallest absolute Gasteiger partial charge is 0.166 e. The molecule has 0 amide bonds. The second kappa shape index (κ2) is 5.25. The molecule has 0 saturated carbocycles. The summed E-state index contributed by atoms with van der Waals surface area (Å²) in [6.45, 7) is 1.84. The molecule has 0 fully saturated rings. The molecule has 100 valence electrons. The summed E-state index contributed by atoms with van der Waals surface area (Å²) in [6, 6.07) is 12.5. The van der Waals surface area contributed by atoms with Gasteiger partial charge in [-0.3, -0.25) is 0 Å². The van der Waals surface area contributed by atoms with Gasteiger partial charge in [0.25, 0.3) is 0 Å². The van der Waals surface area contributed by atoms with Crippen LogP contribution < -0.4 is 0 Å². The zero-order valence-corrected chi connectivity index (χ0v) is 11.0. The van der Waals surface area contributed by atoms with E-state index in [0.717, 1.165) is 11.6 Å². The van der Waals surface area contributed by atoms with Gasteiger partial charge in [-0.05, 0) is 23.3 Å². The summed E-state index contributed by atoms with van der Waals surface area (Å²) in [7, 11) is 0. The minimum Gasteiger partial charge on any atom is -0.166 e. The lowest BCUT2D eigenvalue weighted by molar-refractivity contribution is -0.137.